The fourth-order valence-corrected chi connectivity index (χ4v) is 3.11. The molecule has 0 saturated heterocycles. The van der Waals surface area contributed by atoms with E-state index >= 15 is 0 Å². The van der Waals surface area contributed by atoms with Crippen LogP contribution in [-0.2, 0) is 6.42 Å². The molecule has 3 aromatic rings. The van der Waals surface area contributed by atoms with Crippen LogP contribution in [0.2, 0.25) is 0 Å². The number of carbonyl (C=O) groups excluding carboxylic acids is 1. The van der Waals surface area contributed by atoms with Crippen molar-refractivity contribution < 1.29 is 4.79 Å². The predicted octanol–water partition coefficient (Wildman–Crippen LogP) is 3.71. The summed E-state index contributed by atoms with van der Waals surface area (Å²) in [5, 5.41) is 3.44. The molecule has 0 spiro atoms. The van der Waals surface area contributed by atoms with Crippen molar-refractivity contribution in [3.8, 4) is 0 Å². The van der Waals surface area contributed by atoms with Gasteiger partial charge in [0.05, 0.1) is 10.9 Å². The number of aromatic nitrogens is 2. The van der Waals surface area contributed by atoms with E-state index in [2.05, 4.69) is 31.2 Å². The number of hydrogen-bond donors (Lipinski definition) is 3. The molecule has 5 nitrogen and oxygen atoms in total. The lowest BCUT2D eigenvalue weighted by atomic mass is 10.1. The van der Waals surface area contributed by atoms with Crippen LogP contribution in [-0.4, -0.2) is 21.9 Å². The Morgan fingerprint density at radius 1 is 1.20 bits per heavy atom. The Bertz CT molecular complexity index is 1040. The molecule has 1 amide bonds. The van der Waals surface area contributed by atoms with Gasteiger partial charge < -0.3 is 10.3 Å². The van der Waals surface area contributed by atoms with Gasteiger partial charge in [-0.25, -0.2) is 0 Å². The van der Waals surface area contributed by atoms with E-state index in [1.54, 1.807) is 18.2 Å². The summed E-state index contributed by atoms with van der Waals surface area (Å²) in [6.45, 7) is 1.96. The number of rotatable bonds is 4. The number of H-pyrrole nitrogens is 2. The van der Waals surface area contributed by atoms with E-state index in [0.717, 1.165) is 16.5 Å². The molecular formula is C18H16BrN3O2S. The van der Waals surface area contributed by atoms with Crippen molar-refractivity contribution in [1.29, 1.82) is 0 Å². The Kier molecular flexibility index (Phi) is 5.15. The van der Waals surface area contributed by atoms with Gasteiger partial charge in [0.1, 0.15) is 0 Å². The molecule has 0 bridgehead atoms. The van der Waals surface area contributed by atoms with Crippen LogP contribution in [0.5, 0.6) is 0 Å². The van der Waals surface area contributed by atoms with Crippen molar-refractivity contribution in [2.75, 3.05) is 0 Å². The van der Waals surface area contributed by atoms with Crippen LogP contribution < -0.4 is 10.9 Å². The minimum atomic E-state index is -0.269. The highest BCUT2D eigenvalue weighted by molar-refractivity contribution is 9.10. The number of hydrogen-bond acceptors (Lipinski definition) is 3. The number of carbonyl (C=O) groups is 1. The monoisotopic (exact) mass is 417 g/mol. The van der Waals surface area contributed by atoms with Crippen molar-refractivity contribution in [3.05, 3.63) is 73.2 Å². The second kappa shape index (κ2) is 7.33. The largest absolute Gasteiger partial charge is 0.349 e. The first kappa shape index (κ1) is 17.6. The minimum Gasteiger partial charge on any atom is -0.349 e. The Balaban J connectivity index is 1.76. The Hall–Kier alpha value is -2.25. The summed E-state index contributed by atoms with van der Waals surface area (Å²) in [4.78, 5) is 29.7. The van der Waals surface area contributed by atoms with Crippen molar-refractivity contribution in [2.45, 2.75) is 19.4 Å². The SMILES string of the molecule is CC(Cc1ccc(Br)cc1)NC(=O)c1ccc2c(=O)[nH]c(=S)[nH]c2c1. The maximum Gasteiger partial charge on any atom is 0.259 e. The molecule has 0 aliphatic carbocycles. The smallest absolute Gasteiger partial charge is 0.259 e. The number of aromatic amines is 2. The van der Waals surface area contributed by atoms with E-state index in [4.69, 9.17) is 12.2 Å². The lowest BCUT2D eigenvalue weighted by molar-refractivity contribution is 0.0940. The molecule has 1 unspecified atom stereocenters. The van der Waals surface area contributed by atoms with Gasteiger partial charge in [0.2, 0.25) is 0 Å². The van der Waals surface area contributed by atoms with Gasteiger partial charge in [-0.3, -0.25) is 14.6 Å². The van der Waals surface area contributed by atoms with Gasteiger partial charge in [0.25, 0.3) is 11.5 Å². The van der Waals surface area contributed by atoms with Crippen LogP contribution in [0.1, 0.15) is 22.8 Å². The summed E-state index contributed by atoms with van der Waals surface area (Å²) in [6.07, 6.45) is 0.731. The van der Waals surface area contributed by atoms with Crippen LogP contribution in [0.3, 0.4) is 0 Å². The molecule has 7 heteroatoms. The molecule has 0 aliphatic rings. The maximum absolute atomic E-state index is 12.5. The van der Waals surface area contributed by atoms with Gasteiger partial charge in [-0.15, -0.1) is 0 Å². The van der Waals surface area contributed by atoms with Crippen LogP contribution in [0.25, 0.3) is 10.9 Å². The fraction of sp³-hybridized carbons (Fsp3) is 0.167. The minimum absolute atomic E-state index is 0.0259. The van der Waals surface area contributed by atoms with Crippen LogP contribution >= 0.6 is 28.1 Å². The highest BCUT2D eigenvalue weighted by Crippen LogP contribution is 2.13. The summed E-state index contributed by atoms with van der Waals surface area (Å²) in [5.41, 5.74) is 1.90. The van der Waals surface area contributed by atoms with E-state index in [-0.39, 0.29) is 22.3 Å². The summed E-state index contributed by atoms with van der Waals surface area (Å²) >= 11 is 8.38. The van der Waals surface area contributed by atoms with Crippen LogP contribution in [0.15, 0.2) is 51.7 Å². The average molecular weight is 418 g/mol. The Labute approximate surface area is 157 Å². The van der Waals surface area contributed by atoms with Gasteiger partial charge in [-0.2, -0.15) is 0 Å². The molecule has 2 aromatic carbocycles. The summed E-state index contributed by atoms with van der Waals surface area (Å²) in [5.74, 6) is -0.189. The Morgan fingerprint density at radius 3 is 2.64 bits per heavy atom. The van der Waals surface area contributed by atoms with E-state index < -0.39 is 0 Å². The highest BCUT2D eigenvalue weighted by atomic mass is 79.9. The number of benzene rings is 2. The molecule has 0 radical (unpaired) electrons. The molecule has 3 rings (SSSR count). The van der Waals surface area contributed by atoms with Crippen molar-refractivity contribution in [1.82, 2.24) is 15.3 Å². The van der Waals surface area contributed by atoms with Gasteiger partial charge in [0.15, 0.2) is 4.77 Å². The number of halogens is 1. The first-order chi connectivity index (χ1) is 11.9. The number of nitrogens with one attached hydrogen (secondary N) is 3. The van der Waals surface area contributed by atoms with Crippen molar-refractivity contribution in [2.24, 2.45) is 0 Å². The normalized spacial score (nSPS) is 12.1. The maximum atomic E-state index is 12.5. The van der Waals surface area contributed by atoms with Gasteiger partial charge >= 0.3 is 0 Å². The highest BCUT2D eigenvalue weighted by Gasteiger charge is 2.12. The summed E-state index contributed by atoms with van der Waals surface area (Å²) < 4.78 is 1.26. The lowest BCUT2D eigenvalue weighted by Gasteiger charge is -2.14. The topological polar surface area (TPSA) is 77.8 Å². The second-order valence-electron chi connectivity index (χ2n) is 5.87. The molecule has 3 N–H and O–H groups in total. The third-order valence-corrected chi connectivity index (χ3v) is 4.57. The van der Waals surface area contributed by atoms with Crippen LogP contribution in [0.4, 0.5) is 0 Å². The first-order valence-corrected chi connectivity index (χ1v) is 8.94. The second-order valence-corrected chi connectivity index (χ2v) is 7.20. The number of fused-ring (bicyclic) bond motifs is 1. The molecular weight excluding hydrogens is 402 g/mol. The lowest BCUT2D eigenvalue weighted by Crippen LogP contribution is -2.34. The van der Waals surface area contributed by atoms with Gasteiger partial charge in [-0.1, -0.05) is 28.1 Å². The van der Waals surface area contributed by atoms with E-state index in [1.165, 1.54) is 0 Å². The molecule has 0 aliphatic heterocycles. The van der Waals surface area contributed by atoms with Gasteiger partial charge in [0, 0.05) is 16.1 Å². The van der Waals surface area contributed by atoms with Crippen molar-refractivity contribution in [3.63, 3.8) is 0 Å². The Morgan fingerprint density at radius 2 is 1.92 bits per heavy atom. The summed E-state index contributed by atoms with van der Waals surface area (Å²) in [6, 6.07) is 12.9. The predicted molar refractivity (Wildman–Crippen MR) is 105 cm³/mol. The van der Waals surface area contributed by atoms with E-state index in [1.807, 2.05) is 31.2 Å². The van der Waals surface area contributed by atoms with Gasteiger partial charge in [-0.05, 0) is 61.5 Å². The quantitative estimate of drug-likeness (QED) is 0.566. The van der Waals surface area contributed by atoms with E-state index in [0.29, 0.717) is 16.5 Å². The fourth-order valence-electron chi connectivity index (χ4n) is 2.64. The number of amides is 1. The first-order valence-electron chi connectivity index (χ1n) is 7.74. The zero-order valence-electron chi connectivity index (χ0n) is 13.4. The van der Waals surface area contributed by atoms with Crippen molar-refractivity contribution >= 4 is 45.0 Å². The van der Waals surface area contributed by atoms with Crippen LogP contribution in [0, 0.1) is 4.77 Å². The average Bonchev–Trinajstić information content (AvgIpc) is 2.56. The standard InChI is InChI=1S/C18H16BrN3O2S/c1-10(8-11-2-5-13(19)6-3-11)20-16(23)12-4-7-14-15(9-12)21-18(25)22-17(14)24/h2-7,9-10H,8H2,1H3,(H,20,23)(H2,21,22,24,25). The molecule has 1 atom stereocenters. The molecule has 1 aromatic heterocycles. The molecule has 0 saturated carbocycles. The zero-order chi connectivity index (χ0) is 18.0. The molecule has 1 heterocycles. The third-order valence-electron chi connectivity index (χ3n) is 3.83. The zero-order valence-corrected chi connectivity index (χ0v) is 15.8. The molecule has 25 heavy (non-hydrogen) atoms. The molecule has 128 valence electrons. The van der Waals surface area contributed by atoms with E-state index in [9.17, 15) is 9.59 Å². The summed E-state index contributed by atoms with van der Waals surface area (Å²) in [7, 11) is 0. The molecule has 0 fully saturated rings. The third kappa shape index (κ3) is 4.24.